The summed E-state index contributed by atoms with van der Waals surface area (Å²) in [5.41, 5.74) is 1.50. The van der Waals surface area contributed by atoms with Crippen molar-refractivity contribution in [2.24, 2.45) is 0 Å². The quantitative estimate of drug-likeness (QED) is 0.338. The van der Waals surface area contributed by atoms with Crippen molar-refractivity contribution in [1.82, 2.24) is 25.3 Å². The minimum Gasteiger partial charge on any atom is -0.461 e. The van der Waals surface area contributed by atoms with Crippen LogP contribution in [0.5, 0.6) is 0 Å². The summed E-state index contributed by atoms with van der Waals surface area (Å²) in [5, 5.41) is 3.74. The molecule has 4 aromatic heterocycles. The molecule has 8 nitrogen and oxygen atoms in total. The lowest BCUT2D eigenvalue weighted by molar-refractivity contribution is -0.693. The molecule has 4 aromatic rings. The van der Waals surface area contributed by atoms with Crippen LogP contribution in [0.1, 0.15) is 16.8 Å². The monoisotopic (exact) mass is 405 g/mol. The van der Waals surface area contributed by atoms with Crippen LogP contribution in [-0.2, 0) is 6.54 Å². The lowest BCUT2D eigenvalue weighted by Crippen LogP contribution is -2.35. The number of aromatic amines is 2. The summed E-state index contributed by atoms with van der Waals surface area (Å²) in [7, 11) is 0. The average Bonchev–Trinajstić information content (AvgIpc) is 3.40. The third kappa shape index (κ3) is 3.54. The topological polar surface area (TPSA) is 103 Å². The Bertz CT molecular complexity index is 1090. The minimum atomic E-state index is -0.208. The van der Waals surface area contributed by atoms with E-state index in [4.69, 9.17) is 27.6 Å². The van der Waals surface area contributed by atoms with Gasteiger partial charge in [-0.15, -0.1) is 0 Å². The van der Waals surface area contributed by atoms with Crippen molar-refractivity contribution in [3.8, 4) is 11.6 Å². The lowest BCUT2D eigenvalue weighted by atomic mass is 10.2. The molecule has 1 amide bonds. The SMILES string of the molecule is O=C(NCCC[n+]1c[nH]c(Cl)c1Cl)c1ccnc2nc(-c3ccco3)[nH]c12. The summed E-state index contributed by atoms with van der Waals surface area (Å²) in [4.78, 5) is 27.1. The van der Waals surface area contributed by atoms with E-state index < -0.39 is 0 Å². The van der Waals surface area contributed by atoms with Gasteiger partial charge in [-0.25, -0.2) is 19.5 Å². The Morgan fingerprint density at radius 2 is 2.22 bits per heavy atom. The van der Waals surface area contributed by atoms with Crippen LogP contribution < -0.4 is 9.88 Å². The minimum absolute atomic E-state index is 0.208. The maximum atomic E-state index is 12.6. The van der Waals surface area contributed by atoms with Crippen LogP contribution in [0, 0.1) is 0 Å². The maximum absolute atomic E-state index is 12.6. The summed E-state index contributed by atoms with van der Waals surface area (Å²) < 4.78 is 7.12. The van der Waals surface area contributed by atoms with Crippen molar-refractivity contribution in [2.75, 3.05) is 6.54 Å². The van der Waals surface area contributed by atoms with Crippen LogP contribution in [0.25, 0.3) is 22.7 Å². The van der Waals surface area contributed by atoms with Gasteiger partial charge in [0.2, 0.25) is 6.33 Å². The largest absolute Gasteiger partial charge is 0.461 e. The zero-order chi connectivity index (χ0) is 18.8. The van der Waals surface area contributed by atoms with Crippen LogP contribution in [0.2, 0.25) is 10.3 Å². The highest BCUT2D eigenvalue weighted by Crippen LogP contribution is 2.21. The molecule has 0 aliphatic carbocycles. The summed E-state index contributed by atoms with van der Waals surface area (Å²) in [6.45, 7) is 1.11. The van der Waals surface area contributed by atoms with Crippen molar-refractivity contribution in [3.05, 3.63) is 52.9 Å². The summed E-state index contributed by atoms with van der Waals surface area (Å²) >= 11 is 11.9. The Hall–Kier alpha value is -2.84. The molecule has 0 atom stereocenters. The Balaban J connectivity index is 1.44. The van der Waals surface area contributed by atoms with Gasteiger partial charge in [-0.3, -0.25) is 4.79 Å². The highest BCUT2D eigenvalue weighted by atomic mass is 35.5. The number of carbonyl (C=O) groups is 1. The number of fused-ring (bicyclic) bond motifs is 1. The van der Waals surface area contributed by atoms with Crippen LogP contribution >= 0.6 is 23.2 Å². The number of rotatable bonds is 6. The number of aromatic nitrogens is 5. The van der Waals surface area contributed by atoms with Gasteiger partial charge >= 0.3 is 0 Å². The number of hydrogen-bond acceptors (Lipinski definition) is 4. The maximum Gasteiger partial charge on any atom is 0.254 e. The van der Waals surface area contributed by atoms with Crippen molar-refractivity contribution >= 4 is 40.3 Å². The van der Waals surface area contributed by atoms with Gasteiger partial charge in [0.25, 0.3) is 16.2 Å². The predicted molar refractivity (Wildman–Crippen MR) is 99.5 cm³/mol. The molecule has 0 aliphatic heterocycles. The molecule has 0 spiro atoms. The number of aryl methyl sites for hydroxylation is 1. The Morgan fingerprint density at radius 3 is 2.96 bits per heavy atom. The van der Waals surface area contributed by atoms with Crippen LogP contribution in [-0.4, -0.2) is 32.4 Å². The molecule has 0 aliphatic rings. The van der Waals surface area contributed by atoms with Gasteiger partial charge < -0.3 is 14.7 Å². The van der Waals surface area contributed by atoms with Gasteiger partial charge in [0, 0.05) is 19.2 Å². The van der Waals surface area contributed by atoms with E-state index >= 15 is 0 Å². The molecule has 0 bridgehead atoms. The van der Waals surface area contributed by atoms with E-state index in [2.05, 4.69) is 25.3 Å². The number of halogens is 2. The number of amides is 1. The van der Waals surface area contributed by atoms with Gasteiger partial charge in [0.15, 0.2) is 17.2 Å². The number of nitrogens with one attached hydrogen (secondary N) is 3. The van der Waals surface area contributed by atoms with Crippen LogP contribution in [0.3, 0.4) is 0 Å². The Kier molecular flexibility index (Phi) is 4.83. The van der Waals surface area contributed by atoms with Crippen LogP contribution in [0.15, 0.2) is 41.4 Å². The first-order valence-electron chi connectivity index (χ1n) is 8.22. The van der Waals surface area contributed by atoms with Gasteiger partial charge in [0.05, 0.1) is 23.9 Å². The summed E-state index contributed by atoms with van der Waals surface area (Å²) in [5.74, 6) is 0.900. The summed E-state index contributed by atoms with van der Waals surface area (Å²) in [6, 6.07) is 5.21. The fraction of sp³-hybridized carbons (Fsp3) is 0.176. The predicted octanol–water partition coefficient (Wildman–Crippen LogP) is 2.96. The molecule has 4 rings (SSSR count). The number of carbonyl (C=O) groups excluding carboxylic acids is 1. The van der Waals surface area contributed by atoms with E-state index in [0.29, 0.717) is 58.1 Å². The fourth-order valence-electron chi connectivity index (χ4n) is 2.72. The Labute approximate surface area is 163 Å². The molecule has 10 heteroatoms. The van der Waals surface area contributed by atoms with E-state index in [9.17, 15) is 4.79 Å². The van der Waals surface area contributed by atoms with Crippen molar-refractivity contribution in [3.63, 3.8) is 0 Å². The molecule has 0 radical (unpaired) electrons. The number of imidazole rings is 2. The molecule has 27 heavy (non-hydrogen) atoms. The molecule has 0 fully saturated rings. The molecule has 0 saturated heterocycles. The number of nitrogens with zero attached hydrogens (tertiary/aromatic N) is 3. The zero-order valence-electron chi connectivity index (χ0n) is 14.0. The van der Waals surface area contributed by atoms with Gasteiger partial charge in [-0.05, 0) is 41.4 Å². The first kappa shape index (κ1) is 17.6. The first-order valence-corrected chi connectivity index (χ1v) is 8.97. The van der Waals surface area contributed by atoms with E-state index in [-0.39, 0.29) is 5.91 Å². The second-order valence-electron chi connectivity index (χ2n) is 5.80. The van der Waals surface area contributed by atoms with Gasteiger partial charge in [0.1, 0.15) is 0 Å². The molecule has 4 heterocycles. The molecule has 0 aromatic carbocycles. The standard InChI is InChI=1S/C17H14Cl2N6O2/c18-13-14(19)25(9-22-13)7-2-5-21-17(26)10-4-6-20-16-12(10)23-15(24-16)11-3-1-8-27-11/h1,3-4,6,8-9H,2,5,7H2,(H2,20,21,23,24,26)/p+1. The lowest BCUT2D eigenvalue weighted by Gasteiger charge is -2.05. The zero-order valence-corrected chi connectivity index (χ0v) is 15.5. The number of furan rings is 1. The molecular formula is C17H15Cl2N6O2+. The second kappa shape index (κ2) is 7.42. The smallest absolute Gasteiger partial charge is 0.254 e. The summed E-state index contributed by atoms with van der Waals surface area (Å²) in [6.07, 6.45) is 5.51. The third-order valence-electron chi connectivity index (χ3n) is 4.03. The molecule has 3 N–H and O–H groups in total. The highest BCUT2D eigenvalue weighted by molar-refractivity contribution is 6.39. The molecule has 0 saturated carbocycles. The average molecular weight is 406 g/mol. The van der Waals surface area contributed by atoms with Crippen molar-refractivity contribution in [2.45, 2.75) is 13.0 Å². The number of pyridine rings is 1. The van der Waals surface area contributed by atoms with Crippen molar-refractivity contribution < 1.29 is 13.8 Å². The third-order valence-corrected chi connectivity index (χ3v) is 4.82. The molecule has 0 unspecified atom stereocenters. The number of hydrogen-bond donors (Lipinski definition) is 3. The van der Waals surface area contributed by atoms with Crippen LogP contribution in [0.4, 0.5) is 0 Å². The van der Waals surface area contributed by atoms with Crippen molar-refractivity contribution in [1.29, 1.82) is 0 Å². The van der Waals surface area contributed by atoms with E-state index in [1.54, 1.807) is 41.6 Å². The van der Waals surface area contributed by atoms with Gasteiger partial charge in [-0.2, -0.15) is 0 Å². The van der Waals surface area contributed by atoms with E-state index in [1.165, 1.54) is 0 Å². The number of H-pyrrole nitrogens is 2. The van der Waals surface area contributed by atoms with Gasteiger partial charge in [-0.1, -0.05) is 0 Å². The van der Waals surface area contributed by atoms with E-state index in [0.717, 1.165) is 0 Å². The normalized spacial score (nSPS) is 11.2. The molecule has 138 valence electrons. The molecular weight excluding hydrogens is 391 g/mol. The Morgan fingerprint density at radius 1 is 1.33 bits per heavy atom. The highest BCUT2D eigenvalue weighted by Gasteiger charge is 2.16. The first-order chi connectivity index (χ1) is 13.1. The van der Waals surface area contributed by atoms with E-state index in [1.807, 2.05) is 0 Å². The second-order valence-corrected chi connectivity index (χ2v) is 6.54. The fourth-order valence-corrected chi connectivity index (χ4v) is 3.06.